The van der Waals surface area contributed by atoms with Crippen LogP contribution < -0.4 is 15.4 Å². The summed E-state index contributed by atoms with van der Waals surface area (Å²) in [5.41, 5.74) is 2.79. The summed E-state index contributed by atoms with van der Waals surface area (Å²) in [6.07, 6.45) is 6.34. The fourth-order valence-corrected chi connectivity index (χ4v) is 3.44. The van der Waals surface area contributed by atoms with Gasteiger partial charge in [-0.3, -0.25) is 24.4 Å². The zero-order chi connectivity index (χ0) is 22.8. The minimum absolute atomic E-state index is 0.0762. The molecule has 4 heterocycles. The third kappa shape index (κ3) is 4.24. The van der Waals surface area contributed by atoms with Gasteiger partial charge in [-0.1, -0.05) is 6.07 Å². The summed E-state index contributed by atoms with van der Waals surface area (Å²) in [5.74, 6) is -0.640. The number of amides is 2. The van der Waals surface area contributed by atoms with Crippen molar-refractivity contribution in [3.05, 3.63) is 83.3 Å². The van der Waals surface area contributed by atoms with Crippen LogP contribution in [-0.4, -0.2) is 42.3 Å². The molecule has 3 aromatic heterocycles. The quantitative estimate of drug-likeness (QED) is 0.330. The molecular weight excluding hydrogens is 426 g/mol. The number of aromatic nitrogens is 5. The number of benzene rings is 1. The highest BCUT2D eigenvalue weighted by Crippen LogP contribution is 2.26. The van der Waals surface area contributed by atoms with Crippen molar-refractivity contribution in [2.75, 3.05) is 0 Å². The second-order valence-corrected chi connectivity index (χ2v) is 7.28. The van der Waals surface area contributed by atoms with Gasteiger partial charge in [-0.05, 0) is 17.7 Å². The lowest BCUT2D eigenvalue weighted by Crippen LogP contribution is -2.28. The van der Waals surface area contributed by atoms with Gasteiger partial charge in [0.25, 0.3) is 11.8 Å². The molecule has 2 N–H and O–H groups in total. The van der Waals surface area contributed by atoms with E-state index in [1.54, 1.807) is 30.6 Å². The van der Waals surface area contributed by atoms with Crippen molar-refractivity contribution in [3.63, 3.8) is 0 Å². The van der Waals surface area contributed by atoms with Crippen LogP contribution in [0.2, 0.25) is 0 Å². The summed E-state index contributed by atoms with van der Waals surface area (Å²) in [4.78, 5) is 49.4. The lowest BCUT2D eigenvalue weighted by Gasteiger charge is -2.10. The van der Waals surface area contributed by atoms with Crippen molar-refractivity contribution in [1.82, 2.24) is 35.2 Å². The highest BCUT2D eigenvalue weighted by atomic mass is 16.5. The van der Waals surface area contributed by atoms with E-state index in [1.165, 1.54) is 23.0 Å². The maximum atomic E-state index is 12.8. The number of fused-ring (bicyclic) bond motifs is 2. The number of ether oxygens (including phenoxy) is 1. The molecule has 11 heteroatoms. The van der Waals surface area contributed by atoms with E-state index in [1.807, 2.05) is 6.07 Å². The number of carbonyl (C=O) groups excluding carboxylic acids is 3. The zero-order valence-corrected chi connectivity index (χ0v) is 17.2. The zero-order valence-electron chi connectivity index (χ0n) is 17.2. The average Bonchev–Trinajstić information content (AvgIpc) is 3.46. The normalized spacial score (nSPS) is 12.3. The average molecular weight is 443 g/mol. The number of hydrogen-bond donors (Lipinski definition) is 2. The van der Waals surface area contributed by atoms with Crippen LogP contribution in [-0.2, 0) is 24.3 Å². The summed E-state index contributed by atoms with van der Waals surface area (Å²) in [7, 11) is 0. The molecule has 5 rings (SSSR count). The highest BCUT2D eigenvalue weighted by Gasteiger charge is 2.21. The van der Waals surface area contributed by atoms with Crippen molar-refractivity contribution in [3.8, 4) is 5.75 Å². The Balaban J connectivity index is 1.32. The van der Waals surface area contributed by atoms with Crippen molar-refractivity contribution >= 4 is 23.4 Å². The Bertz CT molecular complexity index is 1380. The minimum atomic E-state index is -0.450. The van der Waals surface area contributed by atoms with Crippen LogP contribution in [0, 0.1) is 0 Å². The Hall–Kier alpha value is -4.67. The minimum Gasteiger partial charge on any atom is -0.426 e. The number of rotatable bonds is 6. The van der Waals surface area contributed by atoms with E-state index in [-0.39, 0.29) is 36.9 Å². The Morgan fingerprint density at radius 1 is 1.03 bits per heavy atom. The molecule has 1 aromatic carbocycles. The Kier molecular flexibility index (Phi) is 5.19. The summed E-state index contributed by atoms with van der Waals surface area (Å²) < 4.78 is 6.45. The number of carbonyl (C=O) groups is 3. The van der Waals surface area contributed by atoms with E-state index >= 15 is 0 Å². The largest absolute Gasteiger partial charge is 0.426 e. The lowest BCUT2D eigenvalue weighted by molar-refractivity contribution is -0.131. The van der Waals surface area contributed by atoms with E-state index in [0.717, 1.165) is 11.1 Å². The monoisotopic (exact) mass is 443 g/mol. The molecule has 0 radical (unpaired) electrons. The topological polar surface area (TPSA) is 140 Å². The fraction of sp³-hybridized carbons (Fsp3) is 0.136. The molecule has 0 bridgehead atoms. The van der Waals surface area contributed by atoms with Crippen molar-refractivity contribution in [1.29, 1.82) is 0 Å². The number of hydrogen-bond acceptors (Lipinski definition) is 8. The third-order valence-electron chi connectivity index (χ3n) is 5.01. The molecule has 1 aliphatic rings. The molecule has 1 aliphatic heterocycles. The van der Waals surface area contributed by atoms with E-state index < -0.39 is 11.8 Å². The molecule has 0 spiro atoms. The molecule has 2 amide bonds. The molecule has 11 nitrogen and oxygen atoms in total. The summed E-state index contributed by atoms with van der Waals surface area (Å²) in [6, 6.07) is 8.29. The maximum absolute atomic E-state index is 12.8. The van der Waals surface area contributed by atoms with Crippen LogP contribution in [0.1, 0.15) is 37.8 Å². The van der Waals surface area contributed by atoms with Crippen LogP contribution >= 0.6 is 0 Å². The van der Waals surface area contributed by atoms with Gasteiger partial charge in [0.2, 0.25) is 0 Å². The van der Waals surface area contributed by atoms with Gasteiger partial charge in [0.15, 0.2) is 5.65 Å². The van der Waals surface area contributed by atoms with Gasteiger partial charge >= 0.3 is 5.97 Å². The smallest absolute Gasteiger partial charge is 0.315 e. The number of nitrogens with one attached hydrogen (secondary N) is 2. The Morgan fingerprint density at radius 3 is 2.76 bits per heavy atom. The summed E-state index contributed by atoms with van der Waals surface area (Å²) in [6.45, 7) is 0.393. The lowest BCUT2D eigenvalue weighted by atomic mass is 10.1. The molecule has 0 unspecified atom stereocenters. The Morgan fingerprint density at radius 2 is 1.91 bits per heavy atom. The molecule has 0 atom stereocenters. The van der Waals surface area contributed by atoms with Crippen molar-refractivity contribution in [2.45, 2.75) is 19.5 Å². The molecular formula is C22H17N7O4. The van der Waals surface area contributed by atoms with E-state index in [4.69, 9.17) is 4.74 Å². The molecule has 4 aromatic rings. The molecule has 33 heavy (non-hydrogen) atoms. The first-order valence-electron chi connectivity index (χ1n) is 10.1. The first-order valence-corrected chi connectivity index (χ1v) is 10.1. The predicted molar refractivity (Wildman–Crippen MR) is 113 cm³/mol. The highest BCUT2D eigenvalue weighted by molar-refractivity contribution is 5.98. The SMILES string of the molecule is O=C1Cc2cc(CNC(=O)c3cc(C(=O)NCc4cnccn4)n4nccc4n3)ccc2O1. The second kappa shape index (κ2) is 8.46. The van der Waals surface area contributed by atoms with Gasteiger partial charge in [-0.15, -0.1) is 0 Å². The van der Waals surface area contributed by atoms with Crippen LogP contribution in [0.5, 0.6) is 5.75 Å². The van der Waals surface area contributed by atoms with Gasteiger partial charge in [0, 0.05) is 36.6 Å². The first-order chi connectivity index (χ1) is 16.1. The molecule has 0 aliphatic carbocycles. The number of nitrogens with zero attached hydrogens (tertiary/aromatic N) is 5. The third-order valence-corrected chi connectivity index (χ3v) is 5.01. The molecule has 0 saturated heterocycles. The van der Waals surface area contributed by atoms with Gasteiger partial charge in [0.1, 0.15) is 17.1 Å². The van der Waals surface area contributed by atoms with Crippen LogP contribution in [0.25, 0.3) is 5.65 Å². The van der Waals surface area contributed by atoms with Crippen molar-refractivity contribution in [2.24, 2.45) is 0 Å². The first kappa shape index (κ1) is 20.2. The van der Waals surface area contributed by atoms with Gasteiger partial charge in [0.05, 0.1) is 31.1 Å². The molecule has 0 fully saturated rings. The predicted octanol–water partition coefficient (Wildman–Crippen LogP) is 0.841. The van der Waals surface area contributed by atoms with Crippen LogP contribution in [0.3, 0.4) is 0 Å². The molecule has 164 valence electrons. The second-order valence-electron chi connectivity index (χ2n) is 7.28. The number of esters is 1. The molecule has 0 saturated carbocycles. The van der Waals surface area contributed by atoms with Gasteiger partial charge in [-0.2, -0.15) is 5.10 Å². The summed E-state index contributed by atoms with van der Waals surface area (Å²) in [5, 5.41) is 9.66. The van der Waals surface area contributed by atoms with E-state index in [0.29, 0.717) is 17.1 Å². The van der Waals surface area contributed by atoms with E-state index in [9.17, 15) is 14.4 Å². The van der Waals surface area contributed by atoms with E-state index in [2.05, 4.69) is 30.7 Å². The van der Waals surface area contributed by atoms with Crippen LogP contribution in [0.4, 0.5) is 0 Å². The maximum Gasteiger partial charge on any atom is 0.315 e. The van der Waals surface area contributed by atoms with Crippen LogP contribution in [0.15, 0.2) is 55.1 Å². The van der Waals surface area contributed by atoms with Gasteiger partial charge < -0.3 is 15.4 Å². The van der Waals surface area contributed by atoms with Crippen molar-refractivity contribution < 1.29 is 19.1 Å². The summed E-state index contributed by atoms with van der Waals surface area (Å²) >= 11 is 0. The van der Waals surface area contributed by atoms with Gasteiger partial charge in [-0.25, -0.2) is 9.50 Å². The Labute approximate surface area is 186 Å². The standard InChI is InChI=1S/C22H17N7O4/c30-20-8-14-7-13(1-2-18(14)33-20)10-25-21(31)16-9-17(29-19(28-16)3-4-27-29)22(32)26-12-15-11-23-5-6-24-15/h1-7,9,11H,8,10,12H2,(H,25,31)(H,26,32). The fourth-order valence-electron chi connectivity index (χ4n) is 3.44.